The monoisotopic (exact) mass is 243 g/mol. The van der Waals surface area contributed by atoms with E-state index in [0.29, 0.717) is 4.88 Å². The largest absolute Gasteiger partial charge is 0.274 e. The molecule has 1 N–H and O–H groups in total. The summed E-state index contributed by atoms with van der Waals surface area (Å²) in [5, 5.41) is 10.5. The highest BCUT2D eigenvalue weighted by molar-refractivity contribution is 7.14. The van der Waals surface area contributed by atoms with Crippen molar-refractivity contribution in [1.29, 1.82) is 5.26 Å². The SMILES string of the molecule is Cc1sc(C(=O)NC#N)cc1-c1ccncc1. The van der Waals surface area contributed by atoms with Gasteiger partial charge in [0.2, 0.25) is 0 Å². The number of thiophene rings is 1. The van der Waals surface area contributed by atoms with Crippen molar-refractivity contribution in [2.24, 2.45) is 0 Å². The van der Waals surface area contributed by atoms with Crippen molar-refractivity contribution < 1.29 is 4.79 Å². The van der Waals surface area contributed by atoms with Gasteiger partial charge in [0.1, 0.15) is 0 Å². The van der Waals surface area contributed by atoms with Gasteiger partial charge in [0.15, 0.2) is 6.19 Å². The van der Waals surface area contributed by atoms with E-state index in [2.05, 4.69) is 10.3 Å². The number of nitrogens with one attached hydrogen (secondary N) is 1. The third-order valence-electron chi connectivity index (χ3n) is 2.30. The molecule has 4 nitrogen and oxygen atoms in total. The highest BCUT2D eigenvalue weighted by Crippen LogP contribution is 2.30. The summed E-state index contributed by atoms with van der Waals surface area (Å²) in [6.45, 7) is 1.95. The second-order valence-corrected chi connectivity index (χ2v) is 4.64. The molecule has 0 fully saturated rings. The standard InChI is InChI=1S/C12H9N3OS/c1-8-10(9-2-4-14-5-3-9)6-11(17-8)12(16)15-7-13/h2-6H,1H3,(H,15,16). The molecular weight excluding hydrogens is 234 g/mol. The van der Waals surface area contributed by atoms with E-state index in [-0.39, 0.29) is 5.91 Å². The summed E-state index contributed by atoms with van der Waals surface area (Å²) in [4.78, 5) is 17.0. The van der Waals surface area contributed by atoms with Crippen LogP contribution in [0.2, 0.25) is 0 Å². The van der Waals surface area contributed by atoms with Crippen molar-refractivity contribution in [3.63, 3.8) is 0 Å². The Morgan fingerprint density at radius 3 is 2.82 bits per heavy atom. The third-order valence-corrected chi connectivity index (χ3v) is 3.35. The summed E-state index contributed by atoms with van der Waals surface area (Å²) in [5.41, 5.74) is 2.02. The molecule has 2 aromatic heterocycles. The number of hydrogen-bond donors (Lipinski definition) is 1. The molecule has 0 aliphatic carbocycles. The maximum Gasteiger partial charge on any atom is 0.274 e. The van der Waals surface area contributed by atoms with Gasteiger partial charge in [-0.1, -0.05) is 0 Å². The minimum atomic E-state index is -0.360. The Balaban J connectivity index is 2.39. The van der Waals surface area contributed by atoms with Crippen LogP contribution in [-0.2, 0) is 0 Å². The normalized spacial score (nSPS) is 9.65. The van der Waals surface area contributed by atoms with Crippen molar-refractivity contribution in [3.05, 3.63) is 40.3 Å². The summed E-state index contributed by atoms with van der Waals surface area (Å²) in [6, 6.07) is 5.57. The van der Waals surface area contributed by atoms with Crippen LogP contribution in [-0.4, -0.2) is 10.9 Å². The molecule has 0 spiro atoms. The van der Waals surface area contributed by atoms with E-state index in [1.54, 1.807) is 24.7 Å². The van der Waals surface area contributed by atoms with Crippen molar-refractivity contribution in [2.45, 2.75) is 6.92 Å². The van der Waals surface area contributed by atoms with Crippen LogP contribution >= 0.6 is 11.3 Å². The average molecular weight is 243 g/mol. The lowest BCUT2D eigenvalue weighted by Gasteiger charge is -1.97. The number of rotatable bonds is 2. The van der Waals surface area contributed by atoms with E-state index in [9.17, 15) is 4.79 Å². The van der Waals surface area contributed by atoms with Crippen LogP contribution in [0.5, 0.6) is 0 Å². The van der Waals surface area contributed by atoms with Gasteiger partial charge in [0, 0.05) is 17.3 Å². The van der Waals surface area contributed by atoms with E-state index in [4.69, 9.17) is 5.26 Å². The van der Waals surface area contributed by atoms with Gasteiger partial charge in [-0.3, -0.25) is 15.1 Å². The molecule has 0 aliphatic heterocycles. The van der Waals surface area contributed by atoms with Gasteiger partial charge in [-0.05, 0) is 36.2 Å². The van der Waals surface area contributed by atoms with Crippen LogP contribution in [0, 0.1) is 18.4 Å². The first-order valence-electron chi connectivity index (χ1n) is 4.92. The highest BCUT2D eigenvalue weighted by Gasteiger charge is 2.12. The lowest BCUT2D eigenvalue weighted by atomic mass is 10.1. The van der Waals surface area contributed by atoms with E-state index in [1.807, 2.05) is 19.1 Å². The topological polar surface area (TPSA) is 65.8 Å². The molecule has 0 bridgehead atoms. The molecule has 5 heteroatoms. The van der Waals surface area contributed by atoms with Crippen molar-refractivity contribution in [1.82, 2.24) is 10.3 Å². The van der Waals surface area contributed by atoms with Crippen molar-refractivity contribution in [3.8, 4) is 17.3 Å². The van der Waals surface area contributed by atoms with Gasteiger partial charge in [0.25, 0.3) is 5.91 Å². The Kier molecular flexibility index (Phi) is 3.17. The zero-order chi connectivity index (χ0) is 12.3. The molecule has 0 atom stereocenters. The number of hydrogen-bond acceptors (Lipinski definition) is 4. The molecule has 0 aliphatic rings. The van der Waals surface area contributed by atoms with Gasteiger partial charge in [0.05, 0.1) is 4.88 Å². The minimum Gasteiger partial charge on any atom is -0.267 e. The molecule has 0 radical (unpaired) electrons. The van der Waals surface area contributed by atoms with Gasteiger partial charge < -0.3 is 0 Å². The number of nitrogens with zero attached hydrogens (tertiary/aromatic N) is 2. The maximum absolute atomic E-state index is 11.5. The van der Waals surface area contributed by atoms with Gasteiger partial charge in [-0.25, -0.2) is 0 Å². The van der Waals surface area contributed by atoms with E-state index in [1.165, 1.54) is 11.3 Å². The number of amides is 1. The summed E-state index contributed by atoms with van der Waals surface area (Å²) in [7, 11) is 0. The first kappa shape index (κ1) is 11.3. The van der Waals surface area contributed by atoms with Crippen LogP contribution in [0.15, 0.2) is 30.6 Å². The quantitative estimate of drug-likeness (QED) is 0.650. The second-order valence-electron chi connectivity index (χ2n) is 3.38. The van der Waals surface area contributed by atoms with Gasteiger partial charge >= 0.3 is 0 Å². The third kappa shape index (κ3) is 2.32. The van der Waals surface area contributed by atoms with E-state index in [0.717, 1.165) is 16.0 Å². The fourth-order valence-corrected chi connectivity index (χ4v) is 2.46. The van der Waals surface area contributed by atoms with Gasteiger partial charge in [-0.2, -0.15) is 5.26 Å². The minimum absolute atomic E-state index is 0.360. The zero-order valence-electron chi connectivity index (χ0n) is 9.10. The van der Waals surface area contributed by atoms with Crippen LogP contribution in [0.1, 0.15) is 14.5 Å². The molecule has 0 saturated carbocycles. The number of pyridine rings is 1. The Labute approximate surface area is 103 Å². The highest BCUT2D eigenvalue weighted by atomic mass is 32.1. The van der Waals surface area contributed by atoms with Crippen LogP contribution in [0.4, 0.5) is 0 Å². The first-order chi connectivity index (χ1) is 8.22. The average Bonchev–Trinajstić information content (AvgIpc) is 2.73. The van der Waals surface area contributed by atoms with Crippen molar-refractivity contribution >= 4 is 17.2 Å². The van der Waals surface area contributed by atoms with Crippen LogP contribution < -0.4 is 5.32 Å². The Morgan fingerprint density at radius 1 is 1.47 bits per heavy atom. The number of carbonyl (C=O) groups excluding carboxylic acids is 1. The molecule has 17 heavy (non-hydrogen) atoms. The number of carbonyl (C=O) groups is 1. The number of aryl methyl sites for hydroxylation is 1. The van der Waals surface area contributed by atoms with Crippen LogP contribution in [0.3, 0.4) is 0 Å². The molecular formula is C12H9N3OS. The van der Waals surface area contributed by atoms with Gasteiger partial charge in [-0.15, -0.1) is 11.3 Å². The van der Waals surface area contributed by atoms with E-state index < -0.39 is 0 Å². The van der Waals surface area contributed by atoms with Crippen LogP contribution in [0.25, 0.3) is 11.1 Å². The Morgan fingerprint density at radius 2 is 2.18 bits per heavy atom. The molecule has 84 valence electrons. The fourth-order valence-electron chi connectivity index (χ4n) is 1.52. The zero-order valence-corrected chi connectivity index (χ0v) is 9.91. The Bertz CT molecular complexity index is 584. The maximum atomic E-state index is 11.5. The number of aromatic nitrogens is 1. The van der Waals surface area contributed by atoms with E-state index >= 15 is 0 Å². The molecule has 2 aromatic rings. The summed E-state index contributed by atoms with van der Waals surface area (Å²) >= 11 is 1.37. The summed E-state index contributed by atoms with van der Waals surface area (Å²) in [6.07, 6.45) is 5.05. The predicted octanol–water partition coefficient (Wildman–Crippen LogP) is 2.33. The predicted molar refractivity (Wildman–Crippen MR) is 65.4 cm³/mol. The molecule has 2 heterocycles. The Hall–Kier alpha value is -2.19. The summed E-state index contributed by atoms with van der Waals surface area (Å²) in [5.74, 6) is -0.360. The molecule has 2 rings (SSSR count). The fraction of sp³-hybridized carbons (Fsp3) is 0.0833. The summed E-state index contributed by atoms with van der Waals surface area (Å²) < 4.78 is 0. The molecule has 1 amide bonds. The van der Waals surface area contributed by atoms with Crippen molar-refractivity contribution in [2.75, 3.05) is 0 Å². The first-order valence-corrected chi connectivity index (χ1v) is 5.74. The molecule has 0 aromatic carbocycles. The molecule has 0 unspecified atom stereocenters. The second kappa shape index (κ2) is 4.76. The lowest BCUT2D eigenvalue weighted by molar-refractivity contribution is 0.0977. The smallest absolute Gasteiger partial charge is 0.267 e. The molecule has 0 saturated heterocycles. The lowest BCUT2D eigenvalue weighted by Crippen LogP contribution is -2.15. The number of nitriles is 1.